The summed E-state index contributed by atoms with van der Waals surface area (Å²) in [4.78, 5) is 61.9. The number of hydrogen-bond acceptors (Lipinski definition) is 12. The molecule has 12 N–H and O–H groups in total. The number of nitrogens with zero attached hydrogens (tertiary/aromatic N) is 3. The van der Waals surface area contributed by atoms with E-state index in [0.717, 1.165) is 32.1 Å². The Kier molecular flexibility index (Phi) is 12.2. The van der Waals surface area contributed by atoms with Crippen LogP contribution in [0.5, 0.6) is 0 Å². The van der Waals surface area contributed by atoms with Crippen LogP contribution in [-0.2, 0) is 34.3 Å². The number of hydrogen-bond donors (Lipinski definition) is 9. The van der Waals surface area contributed by atoms with E-state index >= 15 is 0 Å². The van der Waals surface area contributed by atoms with E-state index in [2.05, 4.69) is 25.8 Å². The van der Waals surface area contributed by atoms with Crippen molar-refractivity contribution in [1.82, 2.24) is 20.3 Å². The van der Waals surface area contributed by atoms with Gasteiger partial charge in [0.05, 0.1) is 6.04 Å². The second kappa shape index (κ2) is 14.3. The van der Waals surface area contributed by atoms with E-state index < -0.39 is 63.5 Å². The van der Waals surface area contributed by atoms with Gasteiger partial charge in [-0.25, -0.2) is 14.6 Å². The number of nitrogens with one attached hydrogen (secondary N) is 3. The molecule has 1 rings (SSSR count). The van der Waals surface area contributed by atoms with Gasteiger partial charge in [0, 0.05) is 11.9 Å². The Hall–Kier alpha value is -4.08. The van der Waals surface area contributed by atoms with Crippen molar-refractivity contribution < 1.29 is 47.2 Å². The minimum Gasteiger partial charge on any atom is -0.480 e. The van der Waals surface area contributed by atoms with Gasteiger partial charge in [0.15, 0.2) is 16.8 Å². The molecule has 0 spiro atoms. The molecule has 40 heavy (non-hydrogen) atoms. The van der Waals surface area contributed by atoms with Gasteiger partial charge in [-0.3, -0.25) is 19.1 Å². The van der Waals surface area contributed by atoms with E-state index in [1.54, 1.807) is 4.72 Å². The molecule has 19 nitrogen and oxygen atoms in total. The van der Waals surface area contributed by atoms with E-state index in [9.17, 15) is 42.4 Å². The van der Waals surface area contributed by atoms with Crippen LogP contribution in [0.1, 0.15) is 39.3 Å². The number of carboxylic acid groups (broad SMARTS) is 2. The van der Waals surface area contributed by atoms with Crippen LogP contribution in [0.4, 0.5) is 5.13 Å². The Morgan fingerprint density at radius 2 is 1.82 bits per heavy atom. The van der Waals surface area contributed by atoms with Gasteiger partial charge < -0.3 is 42.9 Å². The maximum atomic E-state index is 13.2. The van der Waals surface area contributed by atoms with Gasteiger partial charge in [0.1, 0.15) is 17.8 Å². The van der Waals surface area contributed by atoms with Crippen molar-refractivity contribution >= 4 is 62.2 Å². The summed E-state index contributed by atoms with van der Waals surface area (Å²) in [5.74, 6) is -5.50. The summed E-state index contributed by atoms with van der Waals surface area (Å²) in [5.41, 5.74) is 13.3. The summed E-state index contributed by atoms with van der Waals surface area (Å²) in [7, 11) is -4.90. The Morgan fingerprint density at radius 3 is 2.30 bits per heavy atom. The van der Waals surface area contributed by atoms with E-state index in [1.807, 2.05) is 0 Å². The molecule has 1 unspecified atom stereocenters. The predicted molar refractivity (Wildman–Crippen MR) is 141 cm³/mol. The SMILES string of the molecule is C[C@H](NS(=O)(=O)O)[C@@H](NC(=O)/C(=N\OC(C)(C)C(=O)O)c1csc(N)n1)C(=O)NC(CCCN=C(N)N)C(=O)O. The Labute approximate surface area is 232 Å². The lowest BCUT2D eigenvalue weighted by molar-refractivity contribution is -0.161. The van der Waals surface area contributed by atoms with Gasteiger partial charge in [-0.1, -0.05) is 5.16 Å². The quantitative estimate of drug-likeness (QED) is 0.0300. The second-order valence-corrected chi connectivity index (χ2v) is 10.7. The summed E-state index contributed by atoms with van der Waals surface area (Å²) in [5, 5.41) is 27.9. The molecule has 21 heteroatoms. The summed E-state index contributed by atoms with van der Waals surface area (Å²) < 4.78 is 33.7. The number of guanidine groups is 1. The monoisotopic (exact) mass is 609 g/mol. The molecule has 1 aromatic heterocycles. The molecular formula is C19H31N9O10S2. The standard InChI is InChI=1S/C19H31N9O10S2/c1-8(28-40(35,36)37)11(13(29)24-9(15(31)32)5-4-6-23-17(20)21)26-14(30)12(10-7-39-18(22)25-10)27-38-19(2,3)16(33)34/h7-9,11,28H,4-6H2,1-3H3,(H2,22,25)(H,24,29)(H,26,30)(H,31,32)(H,33,34)(H4,20,21,23)(H,35,36,37)/b27-12-/t8-,9?,11+/m0/s1. The first-order valence-corrected chi connectivity index (χ1v) is 13.5. The van der Waals surface area contributed by atoms with E-state index in [1.165, 1.54) is 5.38 Å². The second-order valence-electron chi connectivity index (χ2n) is 8.60. The zero-order valence-corrected chi connectivity index (χ0v) is 23.2. The van der Waals surface area contributed by atoms with Crippen LogP contribution in [0.15, 0.2) is 15.5 Å². The number of aliphatic imine (C=N–C) groups is 1. The number of nitrogen functional groups attached to an aromatic ring is 1. The normalized spacial score (nSPS) is 14.3. The van der Waals surface area contributed by atoms with Crippen LogP contribution in [0, 0.1) is 0 Å². The number of nitrogens with two attached hydrogens (primary N) is 3. The molecule has 0 aliphatic carbocycles. The molecule has 0 aliphatic heterocycles. The molecule has 0 bridgehead atoms. The third-order valence-electron chi connectivity index (χ3n) is 4.82. The maximum Gasteiger partial charge on any atom is 0.350 e. The number of aromatic nitrogens is 1. The number of anilines is 1. The molecule has 0 aliphatic rings. The number of carboxylic acids is 2. The Morgan fingerprint density at radius 1 is 1.20 bits per heavy atom. The van der Waals surface area contributed by atoms with Crippen LogP contribution in [-0.4, -0.2) is 93.9 Å². The van der Waals surface area contributed by atoms with Crippen LogP contribution in [0.25, 0.3) is 0 Å². The van der Waals surface area contributed by atoms with Crippen LogP contribution in [0.3, 0.4) is 0 Å². The lowest BCUT2D eigenvalue weighted by Crippen LogP contribution is -2.60. The first kappa shape index (κ1) is 33.9. The van der Waals surface area contributed by atoms with Crippen molar-refractivity contribution in [3.8, 4) is 0 Å². The molecular weight excluding hydrogens is 578 g/mol. The molecule has 0 aromatic carbocycles. The zero-order valence-electron chi connectivity index (χ0n) is 21.5. The minimum absolute atomic E-state index is 0.00581. The third-order valence-corrected chi connectivity index (χ3v) is 6.17. The van der Waals surface area contributed by atoms with Crippen LogP contribution < -0.4 is 32.6 Å². The lowest BCUT2D eigenvalue weighted by Gasteiger charge is -2.26. The summed E-state index contributed by atoms with van der Waals surface area (Å²) in [6.07, 6.45) is -0.0225. The molecule has 0 fully saturated rings. The van der Waals surface area contributed by atoms with Crippen LogP contribution >= 0.6 is 11.3 Å². The van der Waals surface area contributed by atoms with E-state index in [-0.39, 0.29) is 36.2 Å². The van der Waals surface area contributed by atoms with Crippen molar-refractivity contribution in [2.24, 2.45) is 21.6 Å². The number of rotatable bonds is 16. The molecule has 224 valence electrons. The van der Waals surface area contributed by atoms with Gasteiger partial charge in [-0.15, -0.1) is 11.3 Å². The summed E-state index contributed by atoms with van der Waals surface area (Å²) in [6, 6.07) is -4.90. The van der Waals surface area contributed by atoms with E-state index in [0.29, 0.717) is 0 Å². The molecule has 1 aromatic rings. The van der Waals surface area contributed by atoms with Gasteiger partial charge in [-0.2, -0.15) is 13.1 Å². The van der Waals surface area contributed by atoms with Crippen molar-refractivity contribution in [2.75, 3.05) is 12.3 Å². The average molecular weight is 610 g/mol. The van der Waals surface area contributed by atoms with Crippen molar-refractivity contribution in [3.63, 3.8) is 0 Å². The van der Waals surface area contributed by atoms with Crippen molar-refractivity contribution in [2.45, 2.75) is 57.3 Å². The minimum atomic E-state index is -4.90. The van der Waals surface area contributed by atoms with Crippen molar-refractivity contribution in [3.05, 3.63) is 11.1 Å². The largest absolute Gasteiger partial charge is 0.480 e. The Balaban J connectivity index is 3.34. The first-order chi connectivity index (χ1) is 18.3. The number of carbonyl (C=O) groups is 4. The average Bonchev–Trinajstić information content (AvgIpc) is 3.23. The lowest BCUT2D eigenvalue weighted by atomic mass is 10.1. The summed E-state index contributed by atoms with van der Waals surface area (Å²) in [6.45, 7) is 3.41. The number of thiazole rings is 1. The number of aliphatic carboxylic acids is 2. The van der Waals surface area contributed by atoms with Crippen molar-refractivity contribution in [1.29, 1.82) is 0 Å². The molecule has 3 atom stereocenters. The summed E-state index contributed by atoms with van der Waals surface area (Å²) >= 11 is 0.892. The van der Waals surface area contributed by atoms with Gasteiger partial charge >= 0.3 is 22.2 Å². The van der Waals surface area contributed by atoms with Gasteiger partial charge in [0.2, 0.25) is 11.5 Å². The predicted octanol–water partition coefficient (Wildman–Crippen LogP) is -2.80. The maximum absolute atomic E-state index is 13.2. The molecule has 0 saturated heterocycles. The molecule has 1 heterocycles. The number of amides is 2. The third kappa shape index (κ3) is 11.3. The van der Waals surface area contributed by atoms with Crippen LogP contribution in [0.2, 0.25) is 0 Å². The fourth-order valence-corrected chi connectivity index (χ4v) is 3.91. The Bertz CT molecular complexity index is 1260. The highest BCUT2D eigenvalue weighted by Gasteiger charge is 2.35. The van der Waals surface area contributed by atoms with Gasteiger partial charge in [-0.05, 0) is 33.6 Å². The highest BCUT2D eigenvalue weighted by molar-refractivity contribution is 7.83. The highest BCUT2D eigenvalue weighted by Crippen LogP contribution is 2.15. The topological polar surface area (TPSA) is 324 Å². The first-order valence-electron chi connectivity index (χ1n) is 11.2. The fourth-order valence-electron chi connectivity index (χ4n) is 2.75. The highest BCUT2D eigenvalue weighted by atomic mass is 32.2. The smallest absolute Gasteiger partial charge is 0.350 e. The molecule has 0 radical (unpaired) electrons. The van der Waals surface area contributed by atoms with Gasteiger partial charge in [0.25, 0.3) is 5.91 Å². The number of oxime groups is 1. The fraction of sp³-hybridized carbons (Fsp3) is 0.526. The van der Waals surface area contributed by atoms with E-state index in [4.69, 9.17) is 22.0 Å². The molecule has 0 saturated carbocycles. The molecule has 2 amide bonds. The number of carbonyl (C=O) groups excluding carboxylic acids is 2. The zero-order chi connectivity index (χ0) is 30.8.